The minimum absolute atomic E-state index is 0.315. The number of hydrogen-bond donors (Lipinski definition) is 0. The molecule has 1 spiro atoms. The lowest BCUT2D eigenvalue weighted by Gasteiger charge is -2.30. The van der Waals surface area contributed by atoms with Crippen LogP contribution in [0.4, 0.5) is 0 Å². The molecule has 0 unspecified atom stereocenters. The molecular formula is C11H14O. The van der Waals surface area contributed by atoms with E-state index in [-0.39, 0.29) is 0 Å². The summed E-state index contributed by atoms with van der Waals surface area (Å²) < 4.78 is 6.06. The van der Waals surface area contributed by atoms with Crippen LogP contribution in [0.3, 0.4) is 0 Å². The standard InChI is InChI=1S/C11H14O/c1-10-6-7-4-5-12-11(10)8(7)2-3-9(10)11/h2-3,7-9H,4-6H2,1H3/t7-,8+,9-,10+,11-/m1/s1. The molecule has 0 N–H and O–H groups in total. The molecule has 0 amide bonds. The van der Waals surface area contributed by atoms with Crippen molar-refractivity contribution in [2.45, 2.75) is 25.4 Å². The minimum atomic E-state index is 0.315. The first-order chi connectivity index (χ1) is 5.79. The zero-order valence-corrected chi connectivity index (χ0v) is 7.42. The van der Waals surface area contributed by atoms with Crippen molar-refractivity contribution < 1.29 is 4.74 Å². The second-order valence-electron chi connectivity index (χ2n) is 5.20. The van der Waals surface area contributed by atoms with Crippen LogP contribution in [-0.4, -0.2) is 12.2 Å². The molecule has 3 aliphatic carbocycles. The monoisotopic (exact) mass is 162 g/mol. The van der Waals surface area contributed by atoms with Gasteiger partial charge >= 0.3 is 0 Å². The maximum absolute atomic E-state index is 6.06. The molecule has 5 atom stereocenters. The highest BCUT2D eigenvalue weighted by molar-refractivity contribution is 5.43. The van der Waals surface area contributed by atoms with Crippen LogP contribution < -0.4 is 0 Å². The third-order valence-corrected chi connectivity index (χ3v) is 4.99. The van der Waals surface area contributed by atoms with Gasteiger partial charge in [-0.15, -0.1) is 0 Å². The summed E-state index contributed by atoms with van der Waals surface area (Å²) >= 11 is 0. The van der Waals surface area contributed by atoms with Crippen molar-refractivity contribution in [2.75, 3.05) is 6.61 Å². The van der Waals surface area contributed by atoms with Gasteiger partial charge in [-0.05, 0) is 18.8 Å². The molecule has 12 heavy (non-hydrogen) atoms. The van der Waals surface area contributed by atoms with E-state index in [0.717, 1.165) is 24.4 Å². The molecule has 4 rings (SSSR count). The highest BCUT2D eigenvalue weighted by atomic mass is 16.5. The summed E-state index contributed by atoms with van der Waals surface area (Å²) in [4.78, 5) is 0. The summed E-state index contributed by atoms with van der Waals surface area (Å²) in [5.41, 5.74) is 0.865. The number of ether oxygens (including phenoxy) is 1. The Kier molecular flexibility index (Phi) is 0.730. The third-order valence-electron chi connectivity index (χ3n) is 4.99. The van der Waals surface area contributed by atoms with Gasteiger partial charge in [-0.2, -0.15) is 0 Å². The Morgan fingerprint density at radius 2 is 2.33 bits per heavy atom. The molecule has 2 bridgehead atoms. The SMILES string of the molecule is C[C@@]12C[C@H]3CCO[C@@]14[C@H]3C=C[C@@H]42. The average Bonchev–Trinajstić information content (AvgIpc) is 2.34. The predicted octanol–water partition coefficient (Wildman–Crippen LogP) is 1.99. The molecule has 1 heterocycles. The zero-order chi connectivity index (χ0) is 7.97. The quantitative estimate of drug-likeness (QED) is 0.495. The van der Waals surface area contributed by atoms with Crippen LogP contribution in [0.1, 0.15) is 19.8 Å². The van der Waals surface area contributed by atoms with Crippen molar-refractivity contribution in [3.05, 3.63) is 12.2 Å². The number of hydrogen-bond acceptors (Lipinski definition) is 1. The van der Waals surface area contributed by atoms with Crippen LogP contribution in [0.2, 0.25) is 0 Å². The molecule has 3 fully saturated rings. The molecule has 1 aliphatic heterocycles. The summed E-state index contributed by atoms with van der Waals surface area (Å²) in [6.07, 6.45) is 7.59. The molecule has 0 aromatic carbocycles. The van der Waals surface area contributed by atoms with Gasteiger partial charge in [-0.25, -0.2) is 0 Å². The Morgan fingerprint density at radius 1 is 1.42 bits per heavy atom. The van der Waals surface area contributed by atoms with Crippen molar-refractivity contribution in [2.24, 2.45) is 23.2 Å². The maximum Gasteiger partial charge on any atom is 0.0875 e. The molecule has 0 aromatic heterocycles. The molecule has 1 saturated heterocycles. The van der Waals surface area contributed by atoms with Gasteiger partial charge in [0.05, 0.1) is 5.60 Å². The Balaban J connectivity index is 1.95. The minimum Gasteiger partial charge on any atom is -0.373 e. The van der Waals surface area contributed by atoms with Gasteiger partial charge in [0.2, 0.25) is 0 Å². The molecule has 1 nitrogen and oxygen atoms in total. The molecular weight excluding hydrogens is 148 g/mol. The van der Waals surface area contributed by atoms with Crippen LogP contribution in [0.25, 0.3) is 0 Å². The van der Waals surface area contributed by atoms with E-state index in [4.69, 9.17) is 4.74 Å². The fourth-order valence-electron chi connectivity index (χ4n) is 4.50. The van der Waals surface area contributed by atoms with Crippen molar-refractivity contribution in [1.29, 1.82) is 0 Å². The molecule has 64 valence electrons. The van der Waals surface area contributed by atoms with Gasteiger partial charge in [0.1, 0.15) is 0 Å². The largest absolute Gasteiger partial charge is 0.373 e. The van der Waals surface area contributed by atoms with E-state index in [1.807, 2.05) is 0 Å². The lowest BCUT2D eigenvalue weighted by atomic mass is 9.86. The Bertz CT molecular complexity index is 295. The lowest BCUT2D eigenvalue weighted by molar-refractivity contribution is -0.0466. The van der Waals surface area contributed by atoms with Crippen molar-refractivity contribution in [1.82, 2.24) is 0 Å². The van der Waals surface area contributed by atoms with Crippen LogP contribution >= 0.6 is 0 Å². The Hall–Kier alpha value is -0.300. The molecule has 0 aromatic rings. The Morgan fingerprint density at radius 3 is 3.17 bits per heavy atom. The van der Waals surface area contributed by atoms with Gasteiger partial charge < -0.3 is 4.74 Å². The van der Waals surface area contributed by atoms with Gasteiger partial charge in [0.25, 0.3) is 0 Å². The van der Waals surface area contributed by atoms with Gasteiger partial charge in [-0.3, -0.25) is 0 Å². The number of rotatable bonds is 0. The van der Waals surface area contributed by atoms with E-state index in [1.165, 1.54) is 12.8 Å². The van der Waals surface area contributed by atoms with Crippen LogP contribution in [0, 0.1) is 23.2 Å². The predicted molar refractivity (Wildman–Crippen MR) is 45.6 cm³/mol. The second kappa shape index (κ2) is 1.41. The van der Waals surface area contributed by atoms with Crippen LogP contribution in [-0.2, 0) is 4.74 Å². The van der Waals surface area contributed by atoms with Crippen LogP contribution in [0.5, 0.6) is 0 Å². The van der Waals surface area contributed by atoms with Gasteiger partial charge in [0.15, 0.2) is 0 Å². The molecule has 1 heteroatoms. The first-order valence-corrected chi connectivity index (χ1v) is 5.11. The highest BCUT2D eigenvalue weighted by Crippen LogP contribution is 2.81. The molecule has 0 radical (unpaired) electrons. The zero-order valence-electron chi connectivity index (χ0n) is 7.42. The Labute approximate surface area is 72.8 Å². The highest BCUT2D eigenvalue weighted by Gasteiger charge is 2.84. The summed E-state index contributed by atoms with van der Waals surface area (Å²) in [5, 5.41) is 0. The normalized spacial score (nSPS) is 69.9. The van der Waals surface area contributed by atoms with E-state index in [0.29, 0.717) is 11.0 Å². The van der Waals surface area contributed by atoms with E-state index in [9.17, 15) is 0 Å². The fraction of sp³-hybridized carbons (Fsp3) is 0.818. The van der Waals surface area contributed by atoms with Gasteiger partial charge in [0, 0.05) is 23.9 Å². The van der Waals surface area contributed by atoms with Crippen molar-refractivity contribution in [3.63, 3.8) is 0 Å². The third kappa shape index (κ3) is 0.352. The second-order valence-corrected chi connectivity index (χ2v) is 5.20. The van der Waals surface area contributed by atoms with Gasteiger partial charge in [-0.1, -0.05) is 19.1 Å². The van der Waals surface area contributed by atoms with Crippen LogP contribution in [0.15, 0.2) is 12.2 Å². The fourth-order valence-corrected chi connectivity index (χ4v) is 4.50. The van der Waals surface area contributed by atoms with Crippen molar-refractivity contribution >= 4 is 0 Å². The number of fused-ring (bicyclic) bond motifs is 1. The van der Waals surface area contributed by atoms with Crippen molar-refractivity contribution in [3.8, 4) is 0 Å². The van der Waals surface area contributed by atoms with E-state index < -0.39 is 0 Å². The molecule has 4 aliphatic rings. The smallest absolute Gasteiger partial charge is 0.0875 e. The summed E-state index contributed by atoms with van der Waals surface area (Å²) in [6, 6.07) is 0. The summed E-state index contributed by atoms with van der Waals surface area (Å²) in [5.74, 6) is 2.53. The maximum atomic E-state index is 6.06. The molecule has 2 saturated carbocycles. The van der Waals surface area contributed by atoms with E-state index in [2.05, 4.69) is 19.1 Å². The average molecular weight is 162 g/mol. The first kappa shape index (κ1) is 6.20. The van der Waals surface area contributed by atoms with E-state index >= 15 is 0 Å². The topological polar surface area (TPSA) is 9.23 Å². The summed E-state index contributed by atoms with van der Waals surface area (Å²) in [6.45, 7) is 3.45. The lowest BCUT2D eigenvalue weighted by Crippen LogP contribution is -2.33. The first-order valence-electron chi connectivity index (χ1n) is 5.11. The van der Waals surface area contributed by atoms with E-state index in [1.54, 1.807) is 0 Å². The summed E-state index contributed by atoms with van der Waals surface area (Å²) in [7, 11) is 0.